The van der Waals surface area contributed by atoms with Gasteiger partial charge in [-0.3, -0.25) is 4.79 Å². The zero-order chi connectivity index (χ0) is 18.1. The van der Waals surface area contributed by atoms with Crippen LogP contribution in [0.25, 0.3) is 11.0 Å². The normalized spacial score (nSPS) is 22.4. The fourth-order valence-corrected chi connectivity index (χ4v) is 4.27. The number of hydrogen-bond donors (Lipinski definition) is 4. The molecule has 4 heterocycles. The molecule has 0 spiro atoms. The van der Waals surface area contributed by atoms with Gasteiger partial charge in [-0.15, -0.1) is 24.2 Å². The maximum absolute atomic E-state index is 12.5. The average molecular weight is 411 g/mol. The van der Waals surface area contributed by atoms with Crippen LogP contribution in [0.3, 0.4) is 0 Å². The molecule has 2 aromatic heterocycles. The van der Waals surface area contributed by atoms with E-state index < -0.39 is 0 Å². The summed E-state index contributed by atoms with van der Waals surface area (Å²) in [5.74, 6) is 1.55. The SMILES string of the molecule is Cc1c[nH]c2ncnc(N3C=C(C(=O)NC[C@H]4C[C@H](O)CN4)SCC3)c12.Cl. The minimum atomic E-state index is -0.319. The molecule has 0 bridgehead atoms. The number of halogens is 1. The van der Waals surface area contributed by atoms with Gasteiger partial charge in [-0.1, -0.05) is 0 Å². The lowest BCUT2D eigenvalue weighted by Crippen LogP contribution is -2.38. The van der Waals surface area contributed by atoms with E-state index in [2.05, 4.69) is 25.6 Å². The summed E-state index contributed by atoms with van der Waals surface area (Å²) in [6.07, 6.45) is 5.68. The number of H-pyrrole nitrogens is 1. The molecule has 0 aromatic carbocycles. The monoisotopic (exact) mass is 410 g/mol. The fourth-order valence-electron chi connectivity index (χ4n) is 3.36. The number of nitrogens with one attached hydrogen (secondary N) is 3. The van der Waals surface area contributed by atoms with E-state index in [1.165, 1.54) is 0 Å². The number of β-amino-alcohol motifs (C(OH)–C–C–N with tert-alkyl or cyclic N) is 1. The summed E-state index contributed by atoms with van der Waals surface area (Å²) in [5, 5.41) is 16.7. The number of thioether (sulfide) groups is 1. The highest BCUT2D eigenvalue weighted by molar-refractivity contribution is 8.04. The van der Waals surface area contributed by atoms with Crippen molar-refractivity contribution in [2.45, 2.75) is 25.5 Å². The molecule has 1 fully saturated rings. The van der Waals surface area contributed by atoms with Crippen LogP contribution in [0.5, 0.6) is 0 Å². The van der Waals surface area contributed by atoms with E-state index >= 15 is 0 Å². The van der Waals surface area contributed by atoms with Crippen LogP contribution in [0.2, 0.25) is 0 Å². The Bertz CT molecular complexity index is 857. The molecular formula is C17H23ClN6O2S. The van der Waals surface area contributed by atoms with Crippen LogP contribution in [0.15, 0.2) is 23.6 Å². The number of nitrogens with zero attached hydrogens (tertiary/aromatic N) is 3. The van der Waals surface area contributed by atoms with Crippen molar-refractivity contribution in [3.8, 4) is 0 Å². The number of aliphatic hydroxyl groups excluding tert-OH is 1. The van der Waals surface area contributed by atoms with Gasteiger partial charge in [0.15, 0.2) is 0 Å². The third-order valence-electron chi connectivity index (χ3n) is 4.71. The van der Waals surface area contributed by atoms with E-state index in [-0.39, 0.29) is 30.5 Å². The molecule has 2 aliphatic heterocycles. The summed E-state index contributed by atoms with van der Waals surface area (Å²) in [7, 11) is 0. The third kappa shape index (κ3) is 4.21. The van der Waals surface area contributed by atoms with Gasteiger partial charge in [-0.2, -0.15) is 0 Å². The predicted molar refractivity (Wildman–Crippen MR) is 109 cm³/mol. The predicted octanol–water partition coefficient (Wildman–Crippen LogP) is 0.922. The number of fused-ring (bicyclic) bond motifs is 1. The Kier molecular flexibility index (Phi) is 6.25. The Morgan fingerprint density at radius 1 is 1.48 bits per heavy atom. The maximum atomic E-state index is 12.5. The first kappa shape index (κ1) is 19.9. The van der Waals surface area contributed by atoms with Gasteiger partial charge < -0.3 is 25.6 Å². The molecule has 2 atom stereocenters. The van der Waals surface area contributed by atoms with Crippen molar-refractivity contribution < 1.29 is 9.90 Å². The van der Waals surface area contributed by atoms with Crippen LogP contribution >= 0.6 is 24.2 Å². The van der Waals surface area contributed by atoms with Crippen molar-refractivity contribution >= 4 is 46.9 Å². The van der Waals surface area contributed by atoms with Crippen molar-refractivity contribution in [2.75, 3.05) is 30.3 Å². The Labute approximate surface area is 167 Å². The molecule has 0 aliphatic carbocycles. The van der Waals surface area contributed by atoms with Gasteiger partial charge in [0.1, 0.15) is 17.8 Å². The summed E-state index contributed by atoms with van der Waals surface area (Å²) in [6.45, 7) is 3.91. The fraction of sp³-hybridized carbons (Fsp3) is 0.471. The van der Waals surface area contributed by atoms with Crippen LogP contribution in [0.1, 0.15) is 12.0 Å². The highest BCUT2D eigenvalue weighted by atomic mass is 35.5. The van der Waals surface area contributed by atoms with Gasteiger partial charge in [0.25, 0.3) is 5.91 Å². The van der Waals surface area contributed by atoms with Crippen LogP contribution in [-0.2, 0) is 4.79 Å². The number of aromatic amines is 1. The Hall–Kier alpha value is -1.81. The smallest absolute Gasteiger partial charge is 0.259 e. The first-order valence-corrected chi connectivity index (χ1v) is 9.70. The largest absolute Gasteiger partial charge is 0.392 e. The topological polar surface area (TPSA) is 106 Å². The van der Waals surface area contributed by atoms with Crippen molar-refractivity contribution in [2.24, 2.45) is 0 Å². The molecule has 2 aliphatic rings. The zero-order valence-electron chi connectivity index (χ0n) is 14.9. The molecule has 27 heavy (non-hydrogen) atoms. The number of anilines is 1. The highest BCUT2D eigenvalue weighted by Crippen LogP contribution is 2.30. The highest BCUT2D eigenvalue weighted by Gasteiger charge is 2.24. The Balaban J connectivity index is 0.00000210. The molecular weight excluding hydrogens is 388 g/mol. The Morgan fingerprint density at radius 2 is 2.33 bits per heavy atom. The van der Waals surface area contributed by atoms with Crippen LogP contribution < -0.4 is 15.5 Å². The number of rotatable bonds is 4. The van der Waals surface area contributed by atoms with E-state index in [1.807, 2.05) is 24.2 Å². The summed E-state index contributed by atoms with van der Waals surface area (Å²) in [4.78, 5) is 27.1. The third-order valence-corrected chi connectivity index (χ3v) is 5.70. The second-order valence-electron chi connectivity index (χ2n) is 6.63. The molecule has 0 saturated carbocycles. The molecule has 1 amide bonds. The van der Waals surface area contributed by atoms with Gasteiger partial charge >= 0.3 is 0 Å². The van der Waals surface area contributed by atoms with Crippen LogP contribution in [0, 0.1) is 6.92 Å². The number of carbonyl (C=O) groups is 1. The van der Waals surface area contributed by atoms with E-state index in [0.29, 0.717) is 24.4 Å². The van der Waals surface area contributed by atoms with Gasteiger partial charge in [0, 0.05) is 43.8 Å². The number of hydrogen-bond acceptors (Lipinski definition) is 7. The average Bonchev–Trinajstić information content (AvgIpc) is 3.25. The van der Waals surface area contributed by atoms with Gasteiger partial charge in [-0.05, 0) is 18.9 Å². The summed E-state index contributed by atoms with van der Waals surface area (Å²) >= 11 is 1.55. The molecule has 1 saturated heterocycles. The number of amides is 1. The minimum absolute atomic E-state index is 0. The second kappa shape index (κ2) is 8.47. The van der Waals surface area contributed by atoms with Crippen molar-refractivity contribution in [1.82, 2.24) is 25.6 Å². The molecule has 8 nitrogen and oxygen atoms in total. The van der Waals surface area contributed by atoms with Crippen LogP contribution in [-0.4, -0.2) is 63.5 Å². The second-order valence-corrected chi connectivity index (χ2v) is 7.77. The lowest BCUT2D eigenvalue weighted by atomic mass is 10.2. The minimum Gasteiger partial charge on any atom is -0.392 e. The zero-order valence-corrected chi connectivity index (χ0v) is 16.6. The lowest BCUT2D eigenvalue weighted by Gasteiger charge is -2.26. The number of aryl methyl sites for hydroxylation is 1. The van der Waals surface area contributed by atoms with E-state index in [4.69, 9.17) is 0 Å². The van der Waals surface area contributed by atoms with Gasteiger partial charge in [0.2, 0.25) is 0 Å². The number of aliphatic hydroxyl groups is 1. The standard InChI is InChI=1S/C17H22N6O2S.ClH/c1-10-5-19-15-14(10)16(22-9-21-15)23-2-3-26-13(8-23)17(25)20-6-11-4-12(24)7-18-11;/h5,8-9,11-12,18,24H,2-4,6-7H2,1H3,(H,20,25)(H,19,21,22);1H/t11-,12+;/m1./s1. The van der Waals surface area contributed by atoms with Crippen LogP contribution in [0.4, 0.5) is 5.82 Å². The molecule has 10 heteroatoms. The summed E-state index contributed by atoms with van der Waals surface area (Å²) in [5.41, 5.74) is 1.88. The van der Waals surface area contributed by atoms with Gasteiger partial charge in [-0.25, -0.2) is 9.97 Å². The molecule has 4 rings (SSSR count). The molecule has 146 valence electrons. The van der Waals surface area contributed by atoms with E-state index in [0.717, 1.165) is 34.7 Å². The Morgan fingerprint density at radius 3 is 3.11 bits per heavy atom. The quantitative estimate of drug-likeness (QED) is 0.593. The summed E-state index contributed by atoms with van der Waals surface area (Å²) < 4.78 is 0. The maximum Gasteiger partial charge on any atom is 0.259 e. The summed E-state index contributed by atoms with van der Waals surface area (Å²) in [6, 6.07) is 0.128. The number of carbonyl (C=O) groups excluding carboxylic acids is 1. The molecule has 0 radical (unpaired) electrons. The molecule has 4 N–H and O–H groups in total. The molecule has 0 unspecified atom stereocenters. The first-order valence-electron chi connectivity index (χ1n) is 8.71. The van der Waals surface area contributed by atoms with E-state index in [9.17, 15) is 9.90 Å². The van der Waals surface area contributed by atoms with E-state index in [1.54, 1.807) is 18.1 Å². The number of aromatic nitrogens is 3. The van der Waals surface area contributed by atoms with Crippen molar-refractivity contribution in [3.63, 3.8) is 0 Å². The molecule has 2 aromatic rings. The van der Waals surface area contributed by atoms with Gasteiger partial charge in [0.05, 0.1) is 16.4 Å². The van der Waals surface area contributed by atoms with Crippen molar-refractivity contribution in [1.29, 1.82) is 0 Å². The van der Waals surface area contributed by atoms with Crippen molar-refractivity contribution in [3.05, 3.63) is 29.2 Å². The lowest BCUT2D eigenvalue weighted by molar-refractivity contribution is -0.116. The first-order chi connectivity index (χ1) is 12.6.